The Bertz CT molecular complexity index is 825. The predicted octanol–water partition coefficient (Wildman–Crippen LogP) is 2.79. The SMILES string of the molecule is CNCCOc1c(-c2ccccc2)[nH]c(=O)c2ccccc12. The van der Waals surface area contributed by atoms with Crippen LogP contribution in [0.1, 0.15) is 0 Å². The molecule has 2 N–H and O–H groups in total. The summed E-state index contributed by atoms with van der Waals surface area (Å²) in [5.74, 6) is 0.719. The van der Waals surface area contributed by atoms with Gasteiger partial charge in [0, 0.05) is 17.5 Å². The average Bonchev–Trinajstić information content (AvgIpc) is 2.58. The molecule has 112 valence electrons. The van der Waals surface area contributed by atoms with E-state index in [1.807, 2.05) is 61.6 Å². The first kappa shape index (κ1) is 14.4. The zero-order valence-electron chi connectivity index (χ0n) is 12.4. The molecule has 0 radical (unpaired) electrons. The smallest absolute Gasteiger partial charge is 0.256 e. The van der Waals surface area contributed by atoms with E-state index in [4.69, 9.17) is 4.74 Å². The van der Waals surface area contributed by atoms with E-state index >= 15 is 0 Å². The number of pyridine rings is 1. The zero-order valence-corrected chi connectivity index (χ0v) is 12.4. The van der Waals surface area contributed by atoms with E-state index in [2.05, 4.69) is 10.3 Å². The van der Waals surface area contributed by atoms with Crippen LogP contribution in [-0.4, -0.2) is 25.2 Å². The molecule has 0 unspecified atom stereocenters. The molecule has 22 heavy (non-hydrogen) atoms. The molecular weight excluding hydrogens is 276 g/mol. The van der Waals surface area contributed by atoms with Gasteiger partial charge in [0.1, 0.15) is 6.61 Å². The molecule has 0 atom stereocenters. The second-order valence-corrected chi connectivity index (χ2v) is 5.02. The van der Waals surface area contributed by atoms with E-state index in [1.54, 1.807) is 0 Å². The van der Waals surface area contributed by atoms with E-state index in [0.29, 0.717) is 12.0 Å². The van der Waals surface area contributed by atoms with Gasteiger partial charge in [-0.3, -0.25) is 4.79 Å². The van der Waals surface area contributed by atoms with Crippen molar-refractivity contribution in [2.24, 2.45) is 0 Å². The van der Waals surface area contributed by atoms with Gasteiger partial charge in [-0.15, -0.1) is 0 Å². The first-order valence-corrected chi connectivity index (χ1v) is 7.29. The van der Waals surface area contributed by atoms with Crippen LogP contribution in [0.5, 0.6) is 5.75 Å². The lowest BCUT2D eigenvalue weighted by molar-refractivity contribution is 0.322. The Morgan fingerprint density at radius 3 is 2.41 bits per heavy atom. The van der Waals surface area contributed by atoms with Gasteiger partial charge in [-0.1, -0.05) is 48.5 Å². The number of ether oxygens (including phenoxy) is 1. The number of rotatable bonds is 5. The van der Waals surface area contributed by atoms with Crippen LogP contribution in [-0.2, 0) is 0 Å². The Balaban J connectivity index is 2.21. The molecule has 1 aromatic heterocycles. The molecule has 0 bridgehead atoms. The van der Waals surface area contributed by atoms with Gasteiger partial charge in [0.05, 0.1) is 11.1 Å². The minimum Gasteiger partial charge on any atom is -0.489 e. The summed E-state index contributed by atoms with van der Waals surface area (Å²) in [6, 6.07) is 17.3. The summed E-state index contributed by atoms with van der Waals surface area (Å²) < 4.78 is 5.97. The number of aromatic nitrogens is 1. The van der Waals surface area contributed by atoms with Gasteiger partial charge in [-0.05, 0) is 13.1 Å². The Hall–Kier alpha value is -2.59. The molecule has 0 aliphatic carbocycles. The lowest BCUT2D eigenvalue weighted by Gasteiger charge is -2.14. The monoisotopic (exact) mass is 294 g/mol. The van der Waals surface area contributed by atoms with E-state index in [9.17, 15) is 4.79 Å². The van der Waals surface area contributed by atoms with Crippen molar-refractivity contribution in [3.05, 3.63) is 65.0 Å². The fourth-order valence-corrected chi connectivity index (χ4v) is 2.46. The van der Waals surface area contributed by atoms with Crippen LogP contribution in [0.15, 0.2) is 59.4 Å². The molecule has 3 aromatic rings. The van der Waals surface area contributed by atoms with Gasteiger partial charge in [0.15, 0.2) is 5.75 Å². The molecule has 0 saturated heterocycles. The van der Waals surface area contributed by atoms with Gasteiger partial charge in [0.25, 0.3) is 5.56 Å². The first-order valence-electron chi connectivity index (χ1n) is 7.29. The predicted molar refractivity (Wildman–Crippen MR) is 89.4 cm³/mol. The van der Waals surface area contributed by atoms with Crippen molar-refractivity contribution in [2.45, 2.75) is 0 Å². The van der Waals surface area contributed by atoms with Crippen LogP contribution in [0.3, 0.4) is 0 Å². The molecule has 4 nitrogen and oxygen atoms in total. The van der Waals surface area contributed by atoms with Crippen molar-refractivity contribution in [3.63, 3.8) is 0 Å². The second-order valence-electron chi connectivity index (χ2n) is 5.02. The largest absolute Gasteiger partial charge is 0.489 e. The molecule has 4 heteroatoms. The van der Waals surface area contributed by atoms with Gasteiger partial charge < -0.3 is 15.0 Å². The van der Waals surface area contributed by atoms with Crippen LogP contribution < -0.4 is 15.6 Å². The number of likely N-dealkylation sites (N-methyl/N-ethyl adjacent to an activating group) is 1. The summed E-state index contributed by atoms with van der Waals surface area (Å²) in [6.45, 7) is 1.27. The maximum absolute atomic E-state index is 12.3. The maximum Gasteiger partial charge on any atom is 0.256 e. The van der Waals surface area contributed by atoms with Crippen molar-refractivity contribution in [3.8, 4) is 17.0 Å². The number of hydrogen-bond donors (Lipinski definition) is 2. The molecule has 0 saturated carbocycles. The van der Waals surface area contributed by atoms with Crippen LogP contribution in [0, 0.1) is 0 Å². The highest BCUT2D eigenvalue weighted by atomic mass is 16.5. The third-order valence-electron chi connectivity index (χ3n) is 3.54. The van der Waals surface area contributed by atoms with E-state index < -0.39 is 0 Å². The third kappa shape index (κ3) is 2.73. The Morgan fingerprint density at radius 1 is 1.00 bits per heavy atom. The number of fused-ring (bicyclic) bond motifs is 1. The van der Waals surface area contributed by atoms with E-state index in [1.165, 1.54) is 0 Å². The number of hydrogen-bond acceptors (Lipinski definition) is 3. The number of aromatic amines is 1. The summed E-state index contributed by atoms with van der Waals surface area (Å²) >= 11 is 0. The van der Waals surface area contributed by atoms with Gasteiger partial charge in [-0.2, -0.15) is 0 Å². The molecule has 0 spiro atoms. The van der Waals surface area contributed by atoms with Crippen LogP contribution in [0.25, 0.3) is 22.0 Å². The van der Waals surface area contributed by atoms with Gasteiger partial charge in [-0.25, -0.2) is 0 Å². The van der Waals surface area contributed by atoms with Crippen molar-refractivity contribution in [1.29, 1.82) is 0 Å². The molecule has 0 aliphatic rings. The maximum atomic E-state index is 12.3. The lowest BCUT2D eigenvalue weighted by atomic mass is 10.1. The van der Waals surface area contributed by atoms with E-state index in [0.717, 1.165) is 28.9 Å². The topological polar surface area (TPSA) is 54.1 Å². The molecule has 0 fully saturated rings. The summed E-state index contributed by atoms with van der Waals surface area (Å²) in [6.07, 6.45) is 0. The Labute approximate surface area is 128 Å². The molecule has 1 heterocycles. The normalized spacial score (nSPS) is 10.8. The van der Waals surface area contributed by atoms with Crippen LogP contribution in [0.4, 0.5) is 0 Å². The zero-order chi connectivity index (χ0) is 15.4. The van der Waals surface area contributed by atoms with Crippen LogP contribution >= 0.6 is 0 Å². The number of benzene rings is 2. The Kier molecular flexibility index (Phi) is 4.21. The van der Waals surface area contributed by atoms with Gasteiger partial charge >= 0.3 is 0 Å². The molecule has 2 aromatic carbocycles. The summed E-state index contributed by atoms with van der Waals surface area (Å²) in [5, 5.41) is 4.53. The van der Waals surface area contributed by atoms with Gasteiger partial charge in [0.2, 0.25) is 0 Å². The van der Waals surface area contributed by atoms with Crippen LogP contribution in [0.2, 0.25) is 0 Å². The van der Waals surface area contributed by atoms with Crippen molar-refractivity contribution >= 4 is 10.8 Å². The Morgan fingerprint density at radius 2 is 1.68 bits per heavy atom. The lowest BCUT2D eigenvalue weighted by Crippen LogP contribution is -2.17. The fraction of sp³-hybridized carbons (Fsp3) is 0.167. The number of nitrogens with one attached hydrogen (secondary N) is 2. The highest BCUT2D eigenvalue weighted by Gasteiger charge is 2.13. The standard InChI is InChI=1S/C18H18N2O2/c1-19-11-12-22-17-14-9-5-6-10-15(14)18(21)20-16(17)13-7-3-2-4-8-13/h2-10,19H,11-12H2,1H3,(H,20,21). The summed E-state index contributed by atoms with van der Waals surface area (Å²) in [7, 11) is 1.88. The highest BCUT2D eigenvalue weighted by Crippen LogP contribution is 2.33. The van der Waals surface area contributed by atoms with Crippen molar-refractivity contribution < 1.29 is 4.74 Å². The minimum atomic E-state index is -0.101. The summed E-state index contributed by atoms with van der Waals surface area (Å²) in [5.41, 5.74) is 1.56. The quantitative estimate of drug-likeness (QED) is 0.711. The third-order valence-corrected chi connectivity index (χ3v) is 3.54. The summed E-state index contributed by atoms with van der Waals surface area (Å²) in [4.78, 5) is 15.3. The fourth-order valence-electron chi connectivity index (χ4n) is 2.46. The minimum absolute atomic E-state index is 0.101. The average molecular weight is 294 g/mol. The first-order chi connectivity index (χ1) is 10.8. The molecule has 3 rings (SSSR count). The van der Waals surface area contributed by atoms with Crippen molar-refractivity contribution in [1.82, 2.24) is 10.3 Å². The van der Waals surface area contributed by atoms with Crippen molar-refractivity contribution in [2.75, 3.05) is 20.2 Å². The molecule has 0 amide bonds. The molecular formula is C18H18N2O2. The van der Waals surface area contributed by atoms with E-state index in [-0.39, 0.29) is 5.56 Å². The number of H-pyrrole nitrogens is 1. The molecule has 0 aliphatic heterocycles. The second kappa shape index (κ2) is 6.45. The highest BCUT2D eigenvalue weighted by molar-refractivity contribution is 5.92.